The van der Waals surface area contributed by atoms with Crippen LogP contribution in [0.15, 0.2) is 36.9 Å². The molecule has 64 valence electrons. The Morgan fingerprint density at radius 3 is 2.38 bits per heavy atom. The van der Waals surface area contributed by atoms with Crippen LogP contribution in [0.5, 0.6) is 0 Å². The van der Waals surface area contributed by atoms with Crippen molar-refractivity contribution >= 4 is 11.6 Å². The number of pyridine rings is 1. The van der Waals surface area contributed by atoms with Gasteiger partial charge in [-0.25, -0.2) is 4.98 Å². The maximum Gasteiger partial charge on any atom is 0.147 e. The van der Waals surface area contributed by atoms with Gasteiger partial charge in [-0.3, -0.25) is 9.97 Å². The average molecular weight is 192 g/mol. The van der Waals surface area contributed by atoms with Crippen molar-refractivity contribution in [3.8, 4) is 11.3 Å². The number of rotatable bonds is 1. The predicted molar refractivity (Wildman–Crippen MR) is 50.3 cm³/mol. The number of halogens is 1. The molecule has 0 aliphatic heterocycles. The fourth-order valence-electron chi connectivity index (χ4n) is 0.984. The molecule has 0 N–H and O–H groups in total. The van der Waals surface area contributed by atoms with E-state index in [0.717, 1.165) is 11.3 Å². The van der Waals surface area contributed by atoms with E-state index in [9.17, 15) is 0 Å². The van der Waals surface area contributed by atoms with E-state index in [-0.39, 0.29) is 0 Å². The quantitative estimate of drug-likeness (QED) is 0.694. The van der Waals surface area contributed by atoms with E-state index < -0.39 is 0 Å². The van der Waals surface area contributed by atoms with E-state index >= 15 is 0 Å². The minimum absolute atomic E-state index is 0.401. The van der Waals surface area contributed by atoms with Gasteiger partial charge in [-0.2, -0.15) is 0 Å². The lowest BCUT2D eigenvalue weighted by Gasteiger charge is -1.97. The van der Waals surface area contributed by atoms with Gasteiger partial charge in [-0.15, -0.1) is 0 Å². The van der Waals surface area contributed by atoms with Crippen LogP contribution >= 0.6 is 11.6 Å². The molecule has 0 atom stereocenters. The molecule has 0 saturated heterocycles. The smallest absolute Gasteiger partial charge is 0.147 e. The van der Waals surface area contributed by atoms with Crippen LogP contribution in [0, 0.1) is 0 Å². The Bertz CT molecular complexity index is 385. The highest BCUT2D eigenvalue weighted by molar-refractivity contribution is 6.29. The molecule has 2 rings (SSSR count). The van der Waals surface area contributed by atoms with Gasteiger partial charge in [0.1, 0.15) is 5.15 Å². The summed E-state index contributed by atoms with van der Waals surface area (Å²) in [5.74, 6) is 0. The molecule has 13 heavy (non-hydrogen) atoms. The first-order valence-electron chi connectivity index (χ1n) is 3.74. The Morgan fingerprint density at radius 1 is 1.00 bits per heavy atom. The molecule has 0 unspecified atom stereocenters. The van der Waals surface area contributed by atoms with E-state index in [1.165, 1.54) is 6.20 Å². The molecule has 0 saturated carbocycles. The summed E-state index contributed by atoms with van der Waals surface area (Å²) in [6.07, 6.45) is 6.59. The highest BCUT2D eigenvalue weighted by Crippen LogP contribution is 2.14. The molecule has 2 aromatic rings. The van der Waals surface area contributed by atoms with Crippen LogP contribution in [0.2, 0.25) is 5.15 Å². The van der Waals surface area contributed by atoms with Gasteiger partial charge in [-0.05, 0) is 12.1 Å². The molecule has 0 aliphatic carbocycles. The van der Waals surface area contributed by atoms with Crippen molar-refractivity contribution in [2.45, 2.75) is 0 Å². The van der Waals surface area contributed by atoms with Crippen LogP contribution < -0.4 is 0 Å². The largest absolute Gasteiger partial charge is 0.265 e. The third-order valence-corrected chi connectivity index (χ3v) is 1.79. The first-order valence-corrected chi connectivity index (χ1v) is 4.12. The fraction of sp³-hybridized carbons (Fsp3) is 0. The maximum absolute atomic E-state index is 5.61. The molecule has 2 heterocycles. The molecular weight excluding hydrogens is 186 g/mol. The van der Waals surface area contributed by atoms with Gasteiger partial charge < -0.3 is 0 Å². The minimum atomic E-state index is 0.401. The maximum atomic E-state index is 5.61. The summed E-state index contributed by atoms with van der Waals surface area (Å²) in [4.78, 5) is 12.0. The number of hydrogen-bond donors (Lipinski definition) is 0. The molecule has 0 aromatic carbocycles. The molecule has 3 nitrogen and oxygen atoms in total. The van der Waals surface area contributed by atoms with Crippen LogP contribution in [-0.2, 0) is 0 Å². The van der Waals surface area contributed by atoms with Crippen LogP contribution in [0.25, 0.3) is 11.3 Å². The molecular formula is C9H6ClN3. The summed E-state index contributed by atoms with van der Waals surface area (Å²) in [7, 11) is 0. The number of nitrogens with zero attached hydrogens (tertiary/aromatic N) is 3. The van der Waals surface area contributed by atoms with Gasteiger partial charge in [0.15, 0.2) is 0 Å². The second kappa shape index (κ2) is 3.49. The summed E-state index contributed by atoms with van der Waals surface area (Å²) in [6, 6.07) is 3.75. The topological polar surface area (TPSA) is 38.7 Å². The lowest BCUT2D eigenvalue weighted by Crippen LogP contribution is -1.85. The Labute approximate surface area is 80.5 Å². The lowest BCUT2D eigenvalue weighted by molar-refractivity contribution is 1.20. The minimum Gasteiger partial charge on any atom is -0.265 e. The van der Waals surface area contributed by atoms with Crippen LogP contribution in [-0.4, -0.2) is 15.0 Å². The Kier molecular flexibility index (Phi) is 2.19. The average Bonchev–Trinajstić information content (AvgIpc) is 2.20. The monoisotopic (exact) mass is 191 g/mol. The fourth-order valence-corrected chi connectivity index (χ4v) is 1.08. The van der Waals surface area contributed by atoms with Gasteiger partial charge in [0.25, 0.3) is 0 Å². The highest BCUT2D eigenvalue weighted by atomic mass is 35.5. The van der Waals surface area contributed by atoms with Gasteiger partial charge in [0.05, 0.1) is 18.1 Å². The van der Waals surface area contributed by atoms with E-state index in [1.54, 1.807) is 18.6 Å². The number of aromatic nitrogens is 3. The molecule has 0 aliphatic rings. The van der Waals surface area contributed by atoms with Crippen molar-refractivity contribution in [1.29, 1.82) is 0 Å². The van der Waals surface area contributed by atoms with E-state index in [1.807, 2.05) is 12.1 Å². The Balaban J connectivity index is 2.42. The van der Waals surface area contributed by atoms with E-state index in [4.69, 9.17) is 11.6 Å². The lowest BCUT2D eigenvalue weighted by atomic mass is 10.2. The van der Waals surface area contributed by atoms with Crippen molar-refractivity contribution in [1.82, 2.24) is 15.0 Å². The summed E-state index contributed by atoms with van der Waals surface area (Å²) in [5, 5.41) is 0.401. The normalized spacial score (nSPS) is 9.92. The molecule has 2 aromatic heterocycles. The molecule has 0 fully saturated rings. The summed E-state index contributed by atoms with van der Waals surface area (Å²) in [6.45, 7) is 0. The van der Waals surface area contributed by atoms with Crippen molar-refractivity contribution in [3.05, 3.63) is 42.1 Å². The third-order valence-electron chi connectivity index (χ3n) is 1.60. The van der Waals surface area contributed by atoms with Crippen molar-refractivity contribution in [2.75, 3.05) is 0 Å². The molecule has 0 amide bonds. The van der Waals surface area contributed by atoms with Crippen LogP contribution in [0.3, 0.4) is 0 Å². The Morgan fingerprint density at radius 2 is 1.77 bits per heavy atom. The van der Waals surface area contributed by atoms with Crippen LogP contribution in [0.4, 0.5) is 0 Å². The van der Waals surface area contributed by atoms with Gasteiger partial charge in [0.2, 0.25) is 0 Å². The second-order valence-electron chi connectivity index (χ2n) is 2.46. The molecule has 0 spiro atoms. The second-order valence-corrected chi connectivity index (χ2v) is 2.85. The zero-order valence-corrected chi connectivity index (χ0v) is 7.44. The standard InChI is InChI=1S/C9H6ClN3/c10-9-6-12-8(5-13-9)7-1-3-11-4-2-7/h1-6H. The third kappa shape index (κ3) is 1.81. The molecule has 0 radical (unpaired) electrons. The highest BCUT2D eigenvalue weighted by Gasteiger charge is 1.97. The Hall–Kier alpha value is -1.48. The van der Waals surface area contributed by atoms with Gasteiger partial charge in [0, 0.05) is 18.0 Å². The number of hydrogen-bond acceptors (Lipinski definition) is 3. The molecule has 4 heteroatoms. The van der Waals surface area contributed by atoms with Gasteiger partial charge >= 0.3 is 0 Å². The zero-order chi connectivity index (χ0) is 9.10. The summed E-state index contributed by atoms with van der Waals surface area (Å²) >= 11 is 5.61. The molecule has 0 bridgehead atoms. The summed E-state index contributed by atoms with van der Waals surface area (Å²) < 4.78 is 0. The van der Waals surface area contributed by atoms with E-state index in [2.05, 4.69) is 15.0 Å². The van der Waals surface area contributed by atoms with Crippen molar-refractivity contribution in [3.63, 3.8) is 0 Å². The summed E-state index contributed by atoms with van der Waals surface area (Å²) in [5.41, 5.74) is 1.78. The van der Waals surface area contributed by atoms with Gasteiger partial charge in [-0.1, -0.05) is 11.6 Å². The van der Waals surface area contributed by atoms with E-state index in [0.29, 0.717) is 5.15 Å². The zero-order valence-electron chi connectivity index (χ0n) is 6.68. The van der Waals surface area contributed by atoms with Crippen molar-refractivity contribution < 1.29 is 0 Å². The van der Waals surface area contributed by atoms with Crippen molar-refractivity contribution in [2.24, 2.45) is 0 Å². The SMILES string of the molecule is Clc1cnc(-c2ccncc2)cn1. The first-order chi connectivity index (χ1) is 6.36. The predicted octanol–water partition coefficient (Wildman–Crippen LogP) is 2.19. The van der Waals surface area contributed by atoms with Crippen LogP contribution in [0.1, 0.15) is 0 Å². The first kappa shape index (κ1) is 8.13.